The van der Waals surface area contributed by atoms with Crippen molar-refractivity contribution < 1.29 is 23.5 Å². The number of amides is 1. The Morgan fingerprint density at radius 2 is 1.35 bits per heavy atom. The summed E-state index contributed by atoms with van der Waals surface area (Å²) in [5.74, 6) is -1.34. The van der Waals surface area contributed by atoms with Gasteiger partial charge in [-0.1, -0.05) is 24.3 Å². The molecule has 10 heteroatoms. The number of nitrogens with zero attached hydrogens (tertiary/aromatic N) is 2. The highest BCUT2D eigenvalue weighted by atomic mass is 32.1. The lowest BCUT2D eigenvalue weighted by Crippen LogP contribution is -2.26. The molecule has 1 amide bonds. The van der Waals surface area contributed by atoms with Crippen LogP contribution in [0.3, 0.4) is 0 Å². The standard InChI is InChI=1S/C18H18FN3OS.C12H9FO2S/c19-15-4-2-14(3-5-15)17-7-6-16(24-17)12-18(23)21-8-1-10-22-11-9-20-13-22;13-9-3-1-8(2-4-9)11-6-5-10(16-11)7-12(14)15/h2-7,9,11,13H,1,8,10,12H2,(H,21,23);1-6H,7H2,(H,14,15). The van der Waals surface area contributed by atoms with Crippen LogP contribution >= 0.6 is 22.7 Å². The van der Waals surface area contributed by atoms with Gasteiger partial charge in [0.15, 0.2) is 0 Å². The van der Waals surface area contributed by atoms with Crippen LogP contribution in [0.1, 0.15) is 16.2 Å². The van der Waals surface area contributed by atoms with Crippen LogP contribution in [0.2, 0.25) is 0 Å². The normalized spacial score (nSPS) is 10.6. The van der Waals surface area contributed by atoms with E-state index in [2.05, 4.69) is 10.3 Å². The van der Waals surface area contributed by atoms with Crippen molar-refractivity contribution in [2.45, 2.75) is 25.8 Å². The number of hydrogen-bond acceptors (Lipinski definition) is 5. The highest BCUT2D eigenvalue weighted by molar-refractivity contribution is 7.15. The molecule has 0 spiro atoms. The van der Waals surface area contributed by atoms with Gasteiger partial charge in [0.25, 0.3) is 0 Å². The fourth-order valence-electron chi connectivity index (χ4n) is 3.76. The van der Waals surface area contributed by atoms with E-state index in [0.29, 0.717) is 13.0 Å². The van der Waals surface area contributed by atoms with Crippen molar-refractivity contribution in [2.75, 3.05) is 6.54 Å². The van der Waals surface area contributed by atoms with E-state index in [0.717, 1.165) is 43.6 Å². The van der Waals surface area contributed by atoms with Crippen LogP contribution in [0.5, 0.6) is 0 Å². The van der Waals surface area contributed by atoms with Gasteiger partial charge in [-0.2, -0.15) is 0 Å². The number of aryl methyl sites for hydroxylation is 1. The monoisotopic (exact) mass is 579 g/mol. The number of carboxylic acid groups (broad SMARTS) is 1. The predicted octanol–water partition coefficient (Wildman–Crippen LogP) is 6.68. The molecule has 0 aliphatic carbocycles. The summed E-state index contributed by atoms with van der Waals surface area (Å²) in [5.41, 5.74) is 1.87. The number of carbonyl (C=O) groups is 2. The quantitative estimate of drug-likeness (QED) is 0.181. The Morgan fingerprint density at radius 1 is 0.800 bits per heavy atom. The third-order valence-corrected chi connectivity index (χ3v) is 7.98. The van der Waals surface area contributed by atoms with Gasteiger partial charge in [-0.3, -0.25) is 9.59 Å². The summed E-state index contributed by atoms with van der Waals surface area (Å²) >= 11 is 2.98. The maximum absolute atomic E-state index is 13.0. The molecule has 0 aliphatic heterocycles. The zero-order chi connectivity index (χ0) is 28.3. The van der Waals surface area contributed by atoms with E-state index in [-0.39, 0.29) is 24.0 Å². The van der Waals surface area contributed by atoms with Crippen LogP contribution in [-0.2, 0) is 29.0 Å². The van der Waals surface area contributed by atoms with E-state index in [1.54, 1.807) is 54.2 Å². The molecule has 0 unspecified atom stereocenters. The molecular formula is C30H27F2N3O3S2. The molecule has 206 valence electrons. The van der Waals surface area contributed by atoms with Crippen molar-refractivity contribution in [1.82, 2.24) is 14.9 Å². The number of carbonyl (C=O) groups excluding carboxylic acids is 1. The van der Waals surface area contributed by atoms with Crippen molar-refractivity contribution in [3.8, 4) is 20.9 Å². The number of benzene rings is 2. The number of halogens is 2. The van der Waals surface area contributed by atoms with Crippen LogP contribution in [-0.4, -0.2) is 33.1 Å². The molecule has 0 atom stereocenters. The Bertz CT molecular complexity index is 1510. The summed E-state index contributed by atoms with van der Waals surface area (Å²) in [6.07, 6.45) is 6.69. The maximum atomic E-state index is 13.0. The van der Waals surface area contributed by atoms with Crippen molar-refractivity contribution in [1.29, 1.82) is 0 Å². The number of aromatic nitrogens is 2. The molecule has 5 rings (SSSR count). The second kappa shape index (κ2) is 14.3. The molecule has 6 nitrogen and oxygen atoms in total. The number of hydrogen-bond donors (Lipinski definition) is 2. The Morgan fingerprint density at radius 3 is 1.85 bits per heavy atom. The van der Waals surface area contributed by atoms with Crippen molar-refractivity contribution in [3.63, 3.8) is 0 Å². The third-order valence-electron chi connectivity index (χ3n) is 5.72. The van der Waals surface area contributed by atoms with Gasteiger partial charge in [-0.05, 0) is 66.1 Å². The van der Waals surface area contributed by atoms with Gasteiger partial charge >= 0.3 is 5.97 Å². The van der Waals surface area contributed by atoms with E-state index >= 15 is 0 Å². The Balaban J connectivity index is 0.000000201. The molecule has 40 heavy (non-hydrogen) atoms. The number of aliphatic carboxylic acids is 1. The SMILES string of the molecule is O=C(Cc1ccc(-c2ccc(F)cc2)s1)NCCCn1ccnc1.O=C(O)Cc1ccc(-c2ccc(F)cc2)s1. The summed E-state index contributed by atoms with van der Waals surface area (Å²) in [6.45, 7) is 1.49. The number of imidazole rings is 1. The van der Waals surface area contributed by atoms with Gasteiger partial charge in [-0.25, -0.2) is 13.8 Å². The van der Waals surface area contributed by atoms with Crippen molar-refractivity contribution >= 4 is 34.6 Å². The zero-order valence-electron chi connectivity index (χ0n) is 21.4. The molecular weight excluding hydrogens is 552 g/mol. The van der Waals surface area contributed by atoms with Crippen molar-refractivity contribution in [3.05, 3.63) is 113 Å². The Kier molecular flexibility index (Phi) is 10.3. The average Bonchev–Trinajstić information content (AvgIpc) is 3.71. The number of carboxylic acids is 1. The molecule has 0 bridgehead atoms. The van der Waals surface area contributed by atoms with Gasteiger partial charge in [0.1, 0.15) is 11.6 Å². The molecule has 0 saturated heterocycles. The molecule has 5 aromatic rings. The molecule has 0 saturated carbocycles. The first-order chi connectivity index (χ1) is 19.4. The fourth-order valence-corrected chi connectivity index (χ4v) is 5.78. The van der Waals surface area contributed by atoms with Crippen LogP contribution in [0.25, 0.3) is 20.9 Å². The van der Waals surface area contributed by atoms with Crippen LogP contribution in [0.4, 0.5) is 8.78 Å². The highest BCUT2D eigenvalue weighted by Crippen LogP contribution is 2.29. The van der Waals surface area contributed by atoms with Gasteiger partial charge < -0.3 is 15.0 Å². The minimum atomic E-state index is -0.840. The largest absolute Gasteiger partial charge is 0.481 e. The maximum Gasteiger partial charge on any atom is 0.308 e. The summed E-state index contributed by atoms with van der Waals surface area (Å²) in [4.78, 5) is 30.3. The highest BCUT2D eigenvalue weighted by Gasteiger charge is 2.08. The molecule has 0 radical (unpaired) electrons. The van der Waals surface area contributed by atoms with E-state index in [9.17, 15) is 18.4 Å². The first-order valence-electron chi connectivity index (χ1n) is 12.5. The first kappa shape index (κ1) is 28.8. The third kappa shape index (κ3) is 8.96. The van der Waals surface area contributed by atoms with E-state index in [1.165, 1.54) is 35.6 Å². The second-order valence-corrected chi connectivity index (χ2v) is 11.1. The first-order valence-corrected chi connectivity index (χ1v) is 14.1. The fraction of sp³-hybridized carbons (Fsp3) is 0.167. The smallest absolute Gasteiger partial charge is 0.308 e. The zero-order valence-corrected chi connectivity index (χ0v) is 23.1. The summed E-state index contributed by atoms with van der Waals surface area (Å²) in [7, 11) is 0. The number of thiophene rings is 2. The van der Waals surface area contributed by atoms with Gasteiger partial charge in [0, 0.05) is 45.0 Å². The van der Waals surface area contributed by atoms with Gasteiger partial charge in [-0.15, -0.1) is 22.7 Å². The van der Waals surface area contributed by atoms with E-state index in [4.69, 9.17) is 5.11 Å². The van der Waals surface area contributed by atoms with Crippen LogP contribution in [0, 0.1) is 11.6 Å². The van der Waals surface area contributed by atoms with E-state index < -0.39 is 5.97 Å². The number of rotatable bonds is 10. The average molecular weight is 580 g/mol. The molecule has 2 aromatic carbocycles. The predicted molar refractivity (Wildman–Crippen MR) is 154 cm³/mol. The minimum absolute atomic E-state index is 0.0214. The molecule has 2 N–H and O–H groups in total. The van der Waals surface area contributed by atoms with Crippen LogP contribution < -0.4 is 5.32 Å². The molecule has 0 aliphatic rings. The Labute approximate surface area is 238 Å². The summed E-state index contributed by atoms with van der Waals surface area (Å²) in [5, 5.41) is 11.6. The summed E-state index contributed by atoms with van der Waals surface area (Å²) in [6, 6.07) is 20.1. The van der Waals surface area contributed by atoms with Crippen LogP contribution in [0.15, 0.2) is 91.5 Å². The molecule has 0 fully saturated rings. The Hall–Kier alpha value is -4.15. The lowest BCUT2D eigenvalue weighted by atomic mass is 10.2. The number of nitrogens with one attached hydrogen (secondary N) is 1. The molecule has 3 heterocycles. The second-order valence-electron chi connectivity index (χ2n) is 8.80. The van der Waals surface area contributed by atoms with Crippen molar-refractivity contribution in [2.24, 2.45) is 0 Å². The topological polar surface area (TPSA) is 84.2 Å². The lowest BCUT2D eigenvalue weighted by Gasteiger charge is -2.05. The lowest BCUT2D eigenvalue weighted by molar-refractivity contribution is -0.136. The van der Waals surface area contributed by atoms with Gasteiger partial charge in [0.05, 0.1) is 19.2 Å². The minimum Gasteiger partial charge on any atom is -0.481 e. The van der Waals surface area contributed by atoms with E-state index in [1.807, 2.05) is 29.0 Å². The summed E-state index contributed by atoms with van der Waals surface area (Å²) < 4.78 is 27.7. The molecule has 3 aromatic heterocycles. The van der Waals surface area contributed by atoms with Gasteiger partial charge in [0.2, 0.25) is 5.91 Å².